The molecule has 4 aromatic rings. The summed E-state index contributed by atoms with van der Waals surface area (Å²) in [5, 5.41) is 12.0. The fourth-order valence-corrected chi connectivity index (χ4v) is 3.53. The second kappa shape index (κ2) is 9.55. The molecule has 4 rings (SSSR count). The van der Waals surface area contributed by atoms with Crippen molar-refractivity contribution in [3.8, 4) is 0 Å². The molecule has 0 unspecified atom stereocenters. The molecule has 0 atom stereocenters. The van der Waals surface area contributed by atoms with Crippen molar-refractivity contribution in [3.63, 3.8) is 0 Å². The maximum atomic E-state index is 12.5. The molecule has 2 heterocycles. The molecule has 0 aliphatic carbocycles. The van der Waals surface area contributed by atoms with E-state index in [1.54, 1.807) is 36.5 Å². The maximum absolute atomic E-state index is 12.5. The monoisotopic (exact) mass is 429 g/mol. The van der Waals surface area contributed by atoms with Gasteiger partial charge in [-0.2, -0.15) is 0 Å². The summed E-state index contributed by atoms with van der Waals surface area (Å²) < 4.78 is 0. The van der Waals surface area contributed by atoms with Gasteiger partial charge in [0.05, 0.1) is 21.8 Å². The Morgan fingerprint density at radius 2 is 1.39 bits per heavy atom. The summed E-state index contributed by atoms with van der Waals surface area (Å²) in [4.78, 5) is 29.3. The summed E-state index contributed by atoms with van der Waals surface area (Å²) in [6, 6.07) is 25.4. The predicted molar refractivity (Wildman–Crippen MR) is 125 cm³/mol. The first-order valence-electron chi connectivity index (χ1n) is 9.48. The number of amides is 3. The van der Waals surface area contributed by atoms with Gasteiger partial charge in [-0.25, -0.2) is 9.78 Å². The number of benzene rings is 2. The fourth-order valence-electron chi connectivity index (χ4n) is 2.73. The van der Waals surface area contributed by atoms with Crippen molar-refractivity contribution in [2.75, 3.05) is 21.3 Å². The number of carbonyl (C=O) groups excluding carboxylic acids is 2. The first kappa shape index (κ1) is 20.1. The van der Waals surface area contributed by atoms with Crippen LogP contribution in [0.15, 0.2) is 91.1 Å². The first-order valence-corrected chi connectivity index (χ1v) is 10.3. The second-order valence-corrected chi connectivity index (χ2v) is 7.57. The molecular formula is C23H19N5O2S. The molecule has 0 aliphatic rings. The summed E-state index contributed by atoms with van der Waals surface area (Å²) in [5.74, 6) is 0.145. The number of rotatable bonds is 6. The molecule has 0 fully saturated rings. The number of pyridine rings is 1. The van der Waals surface area contributed by atoms with Crippen LogP contribution in [-0.2, 0) is 0 Å². The van der Waals surface area contributed by atoms with Gasteiger partial charge in [0.15, 0.2) is 0 Å². The Kier molecular flexibility index (Phi) is 6.20. The number of nitrogens with one attached hydrogen (secondary N) is 4. The standard InChI is InChI=1S/C23H19N5O2S/c29-22(27-20-13-11-18(15-24-20)25-16-7-3-1-4-8-16)19-12-14-21(31-19)28-23(30)26-17-9-5-2-6-10-17/h1-15,25H,(H,24,27,29)(H2,26,28,30). The molecule has 0 saturated heterocycles. The third kappa shape index (κ3) is 5.68. The van der Waals surface area contributed by atoms with Crippen LogP contribution in [0.25, 0.3) is 0 Å². The van der Waals surface area contributed by atoms with E-state index in [9.17, 15) is 9.59 Å². The van der Waals surface area contributed by atoms with Crippen molar-refractivity contribution in [2.45, 2.75) is 0 Å². The lowest BCUT2D eigenvalue weighted by molar-refractivity contribution is 0.103. The molecule has 0 saturated carbocycles. The Morgan fingerprint density at radius 1 is 0.677 bits per heavy atom. The Balaban J connectivity index is 1.32. The second-order valence-electron chi connectivity index (χ2n) is 6.49. The lowest BCUT2D eigenvalue weighted by atomic mass is 10.3. The van der Waals surface area contributed by atoms with Gasteiger partial charge in [0, 0.05) is 11.4 Å². The van der Waals surface area contributed by atoms with E-state index >= 15 is 0 Å². The minimum atomic E-state index is -0.372. The Hall–Kier alpha value is -4.17. The number of aromatic nitrogens is 1. The van der Waals surface area contributed by atoms with E-state index in [2.05, 4.69) is 26.3 Å². The molecule has 0 aliphatic heterocycles. The minimum absolute atomic E-state index is 0.294. The summed E-state index contributed by atoms with van der Waals surface area (Å²) in [7, 11) is 0. The Bertz CT molecular complexity index is 1160. The third-order valence-electron chi connectivity index (χ3n) is 4.17. The number of anilines is 5. The quantitative estimate of drug-likeness (QED) is 0.312. The highest BCUT2D eigenvalue weighted by Crippen LogP contribution is 2.23. The predicted octanol–water partition coefficient (Wildman–Crippen LogP) is 5.78. The zero-order valence-electron chi connectivity index (χ0n) is 16.3. The summed E-state index contributed by atoms with van der Waals surface area (Å²) >= 11 is 1.18. The number of hydrogen-bond acceptors (Lipinski definition) is 5. The molecule has 31 heavy (non-hydrogen) atoms. The van der Waals surface area contributed by atoms with Crippen molar-refractivity contribution >= 4 is 51.2 Å². The largest absolute Gasteiger partial charge is 0.354 e. The molecule has 2 aromatic carbocycles. The molecule has 8 heteroatoms. The van der Waals surface area contributed by atoms with Crippen molar-refractivity contribution < 1.29 is 9.59 Å². The van der Waals surface area contributed by atoms with E-state index in [0.29, 0.717) is 21.4 Å². The van der Waals surface area contributed by atoms with E-state index < -0.39 is 0 Å². The van der Waals surface area contributed by atoms with Gasteiger partial charge in [0.1, 0.15) is 5.82 Å². The molecule has 0 radical (unpaired) electrons. The van der Waals surface area contributed by atoms with Crippen LogP contribution in [0.1, 0.15) is 9.67 Å². The van der Waals surface area contributed by atoms with Crippen LogP contribution in [0.4, 0.5) is 32.7 Å². The zero-order chi connectivity index (χ0) is 21.5. The minimum Gasteiger partial charge on any atom is -0.354 e. The van der Waals surface area contributed by atoms with Crippen LogP contribution in [0.3, 0.4) is 0 Å². The van der Waals surface area contributed by atoms with E-state index in [1.807, 2.05) is 54.6 Å². The molecule has 4 N–H and O–H groups in total. The van der Waals surface area contributed by atoms with Gasteiger partial charge in [-0.3, -0.25) is 10.1 Å². The van der Waals surface area contributed by atoms with Crippen LogP contribution in [-0.4, -0.2) is 16.9 Å². The lowest BCUT2D eigenvalue weighted by Gasteiger charge is -2.07. The molecule has 0 spiro atoms. The SMILES string of the molecule is O=C(Nc1ccccc1)Nc1ccc(C(=O)Nc2ccc(Nc3ccccc3)cn2)s1. The van der Waals surface area contributed by atoms with Gasteiger partial charge in [0.25, 0.3) is 5.91 Å². The average molecular weight is 430 g/mol. The van der Waals surface area contributed by atoms with Crippen LogP contribution < -0.4 is 21.3 Å². The molecule has 7 nitrogen and oxygen atoms in total. The van der Waals surface area contributed by atoms with E-state index in [-0.39, 0.29) is 11.9 Å². The third-order valence-corrected chi connectivity index (χ3v) is 5.17. The Labute approximate surface area is 183 Å². The van der Waals surface area contributed by atoms with Gasteiger partial charge in [-0.1, -0.05) is 36.4 Å². The summed E-state index contributed by atoms with van der Waals surface area (Å²) in [6.45, 7) is 0. The summed E-state index contributed by atoms with van der Waals surface area (Å²) in [6.07, 6.45) is 1.65. The van der Waals surface area contributed by atoms with Crippen LogP contribution in [0.5, 0.6) is 0 Å². The van der Waals surface area contributed by atoms with Crippen molar-refractivity contribution in [3.05, 3.63) is 96.0 Å². The van der Waals surface area contributed by atoms with Crippen LogP contribution in [0.2, 0.25) is 0 Å². The number of carbonyl (C=O) groups is 2. The zero-order valence-corrected chi connectivity index (χ0v) is 17.1. The Morgan fingerprint density at radius 3 is 2.06 bits per heavy atom. The van der Waals surface area contributed by atoms with Gasteiger partial charge in [0.2, 0.25) is 0 Å². The van der Waals surface area contributed by atoms with Crippen LogP contribution >= 0.6 is 11.3 Å². The van der Waals surface area contributed by atoms with Crippen molar-refractivity contribution in [2.24, 2.45) is 0 Å². The number of urea groups is 1. The van der Waals surface area contributed by atoms with Gasteiger partial charge >= 0.3 is 6.03 Å². The van der Waals surface area contributed by atoms with Crippen molar-refractivity contribution in [1.29, 1.82) is 0 Å². The molecule has 154 valence electrons. The highest BCUT2D eigenvalue weighted by atomic mass is 32.1. The first-order chi connectivity index (χ1) is 15.2. The summed E-state index contributed by atoms with van der Waals surface area (Å²) in [5.41, 5.74) is 2.46. The van der Waals surface area contributed by atoms with E-state index in [4.69, 9.17) is 0 Å². The fraction of sp³-hybridized carbons (Fsp3) is 0. The van der Waals surface area contributed by atoms with Gasteiger partial charge in [-0.05, 0) is 48.5 Å². The number of nitrogens with zero attached hydrogens (tertiary/aromatic N) is 1. The number of hydrogen-bond donors (Lipinski definition) is 4. The van der Waals surface area contributed by atoms with E-state index in [0.717, 1.165) is 11.4 Å². The molecule has 2 aromatic heterocycles. The normalized spacial score (nSPS) is 10.2. The number of para-hydroxylation sites is 2. The van der Waals surface area contributed by atoms with Gasteiger partial charge in [-0.15, -0.1) is 11.3 Å². The van der Waals surface area contributed by atoms with Crippen molar-refractivity contribution in [1.82, 2.24) is 4.98 Å². The van der Waals surface area contributed by atoms with E-state index in [1.165, 1.54) is 11.3 Å². The molecular weight excluding hydrogens is 410 g/mol. The molecule has 0 bridgehead atoms. The number of thiophene rings is 1. The highest BCUT2D eigenvalue weighted by molar-refractivity contribution is 7.18. The molecule has 3 amide bonds. The topological polar surface area (TPSA) is 95.2 Å². The van der Waals surface area contributed by atoms with Crippen LogP contribution in [0, 0.1) is 0 Å². The smallest absolute Gasteiger partial charge is 0.324 e. The lowest BCUT2D eigenvalue weighted by Crippen LogP contribution is -2.18. The highest BCUT2D eigenvalue weighted by Gasteiger charge is 2.12. The van der Waals surface area contributed by atoms with Gasteiger partial charge < -0.3 is 16.0 Å². The maximum Gasteiger partial charge on any atom is 0.324 e. The average Bonchev–Trinajstić information content (AvgIpc) is 3.25.